The molecule has 0 radical (unpaired) electrons. The van der Waals surface area contributed by atoms with E-state index >= 15 is 0 Å². The number of hydrogen-bond donors (Lipinski definition) is 1. The lowest BCUT2D eigenvalue weighted by Crippen LogP contribution is -2.33. The van der Waals surface area contributed by atoms with E-state index in [-0.39, 0.29) is 0 Å². The number of nitrogens with one attached hydrogen (secondary N) is 1. The maximum Gasteiger partial charge on any atom is 0.171 e. The summed E-state index contributed by atoms with van der Waals surface area (Å²) in [6, 6.07) is 1.99. The molecule has 2 atom stereocenters. The highest BCUT2D eigenvalue weighted by Gasteiger charge is 2.30. The number of aromatic nitrogens is 1. The molecule has 3 nitrogen and oxygen atoms in total. The molecule has 0 spiro atoms. The third-order valence-corrected chi connectivity index (χ3v) is 4.26. The Bertz CT molecular complexity index is 487. The van der Waals surface area contributed by atoms with Crippen LogP contribution in [0.25, 0.3) is 5.57 Å². The van der Waals surface area contributed by atoms with E-state index < -0.39 is 0 Å². The molecule has 1 aliphatic carbocycles. The van der Waals surface area contributed by atoms with Crippen molar-refractivity contribution in [1.29, 1.82) is 0 Å². The number of fused-ring (bicyclic) bond motifs is 1. The molecule has 1 aromatic rings. The largest absolute Gasteiger partial charge is 0.494 e. The molecule has 2 aliphatic rings. The second-order valence-electron chi connectivity index (χ2n) is 5.03. The van der Waals surface area contributed by atoms with Gasteiger partial charge in [-0.15, -0.1) is 0 Å². The smallest absolute Gasteiger partial charge is 0.171 e. The predicted octanol–water partition coefficient (Wildman–Crippen LogP) is 2.76. The maximum atomic E-state index is 5.96. The van der Waals surface area contributed by atoms with Crippen LogP contribution < -0.4 is 10.1 Å². The fraction of sp³-hybridized carbons (Fsp3) is 0.500. The molecule has 0 amide bonds. The first-order valence-electron chi connectivity index (χ1n) is 6.39. The molecule has 4 heteroatoms. The van der Waals surface area contributed by atoms with Crippen LogP contribution >= 0.6 is 11.6 Å². The normalized spacial score (nSPS) is 26.7. The van der Waals surface area contributed by atoms with Crippen LogP contribution in [-0.4, -0.2) is 25.2 Å². The quantitative estimate of drug-likeness (QED) is 0.834. The molecule has 96 valence electrons. The number of rotatable bonds is 2. The lowest BCUT2D eigenvalue weighted by Gasteiger charge is -2.25. The molecule has 18 heavy (non-hydrogen) atoms. The number of methoxy groups -OCH3 is 1. The van der Waals surface area contributed by atoms with Gasteiger partial charge in [-0.05, 0) is 48.4 Å². The summed E-state index contributed by atoms with van der Waals surface area (Å²) >= 11 is 5.96. The van der Waals surface area contributed by atoms with Crippen LogP contribution in [0.3, 0.4) is 0 Å². The zero-order valence-electron chi connectivity index (χ0n) is 10.4. The van der Waals surface area contributed by atoms with Crippen molar-refractivity contribution in [2.75, 3.05) is 20.2 Å². The number of hydrogen-bond acceptors (Lipinski definition) is 3. The van der Waals surface area contributed by atoms with E-state index in [1.165, 1.54) is 12.0 Å². The fourth-order valence-electron chi connectivity index (χ4n) is 2.96. The zero-order chi connectivity index (χ0) is 12.5. The second-order valence-corrected chi connectivity index (χ2v) is 5.39. The SMILES string of the molecule is COc1cc(C2=C[C@@H]3CNCC[C@@H]3C2)cnc1Cl. The van der Waals surface area contributed by atoms with Gasteiger partial charge in [-0.25, -0.2) is 4.98 Å². The number of pyridine rings is 1. The Kier molecular flexibility index (Phi) is 3.27. The lowest BCUT2D eigenvalue weighted by atomic mass is 9.89. The Balaban J connectivity index is 1.87. The minimum Gasteiger partial charge on any atom is -0.494 e. The van der Waals surface area contributed by atoms with E-state index in [0.717, 1.165) is 31.0 Å². The molecule has 1 saturated heterocycles. The summed E-state index contributed by atoms with van der Waals surface area (Å²) < 4.78 is 5.23. The summed E-state index contributed by atoms with van der Waals surface area (Å²) in [4.78, 5) is 4.20. The average molecular weight is 265 g/mol. The van der Waals surface area contributed by atoms with Crippen molar-refractivity contribution in [3.63, 3.8) is 0 Å². The monoisotopic (exact) mass is 264 g/mol. The van der Waals surface area contributed by atoms with Gasteiger partial charge in [0.2, 0.25) is 0 Å². The molecule has 0 aromatic carbocycles. The highest BCUT2D eigenvalue weighted by atomic mass is 35.5. The topological polar surface area (TPSA) is 34.1 Å². The summed E-state index contributed by atoms with van der Waals surface area (Å²) in [5, 5.41) is 3.88. The number of ether oxygens (including phenoxy) is 1. The molecule has 1 aliphatic heterocycles. The third-order valence-electron chi connectivity index (χ3n) is 3.97. The van der Waals surface area contributed by atoms with E-state index in [4.69, 9.17) is 16.3 Å². The predicted molar refractivity (Wildman–Crippen MR) is 72.9 cm³/mol. The molecular formula is C14H17ClN2O. The fourth-order valence-corrected chi connectivity index (χ4v) is 3.14. The van der Waals surface area contributed by atoms with Crippen molar-refractivity contribution < 1.29 is 4.74 Å². The van der Waals surface area contributed by atoms with Crippen molar-refractivity contribution in [1.82, 2.24) is 10.3 Å². The Morgan fingerprint density at radius 1 is 1.50 bits per heavy atom. The van der Waals surface area contributed by atoms with Gasteiger partial charge in [-0.2, -0.15) is 0 Å². The van der Waals surface area contributed by atoms with Crippen molar-refractivity contribution in [3.05, 3.63) is 29.1 Å². The molecule has 3 rings (SSSR count). The van der Waals surface area contributed by atoms with Crippen molar-refractivity contribution in [2.45, 2.75) is 12.8 Å². The van der Waals surface area contributed by atoms with Gasteiger partial charge >= 0.3 is 0 Å². The van der Waals surface area contributed by atoms with Crippen molar-refractivity contribution >= 4 is 17.2 Å². The first kappa shape index (κ1) is 12.0. The molecule has 1 aromatic heterocycles. The van der Waals surface area contributed by atoms with Gasteiger partial charge in [0.05, 0.1) is 7.11 Å². The average Bonchev–Trinajstić information content (AvgIpc) is 2.83. The molecule has 1 fully saturated rings. The summed E-state index contributed by atoms with van der Waals surface area (Å²) in [6.45, 7) is 2.25. The van der Waals surface area contributed by atoms with Crippen LogP contribution in [0.2, 0.25) is 5.15 Å². The van der Waals surface area contributed by atoms with Crippen LogP contribution in [0.5, 0.6) is 5.75 Å². The second kappa shape index (κ2) is 4.90. The van der Waals surface area contributed by atoms with Gasteiger partial charge in [0.25, 0.3) is 0 Å². The molecule has 0 saturated carbocycles. The lowest BCUT2D eigenvalue weighted by molar-refractivity contribution is 0.323. The molecule has 1 N–H and O–H groups in total. The molecule has 0 unspecified atom stereocenters. The number of halogens is 1. The van der Waals surface area contributed by atoms with E-state index in [2.05, 4.69) is 16.4 Å². The van der Waals surface area contributed by atoms with Crippen LogP contribution in [-0.2, 0) is 0 Å². The standard InChI is InChI=1S/C14H17ClN2O/c1-18-13-6-12(8-17-14(13)15)10-4-9-2-3-16-7-11(9)5-10/h5-6,8-9,11,16H,2-4,7H2,1H3/t9-,11-/m1/s1. The Morgan fingerprint density at radius 2 is 2.39 bits per heavy atom. The van der Waals surface area contributed by atoms with Crippen LogP contribution in [0.4, 0.5) is 0 Å². The minimum absolute atomic E-state index is 0.430. The number of nitrogens with zero attached hydrogens (tertiary/aromatic N) is 1. The summed E-state index contributed by atoms with van der Waals surface area (Å²) in [5.74, 6) is 2.13. The van der Waals surface area contributed by atoms with Crippen molar-refractivity contribution in [2.24, 2.45) is 11.8 Å². The summed E-state index contributed by atoms with van der Waals surface area (Å²) in [6.07, 6.45) is 6.66. The van der Waals surface area contributed by atoms with Gasteiger partial charge < -0.3 is 10.1 Å². The first-order chi connectivity index (χ1) is 8.78. The highest BCUT2D eigenvalue weighted by molar-refractivity contribution is 6.30. The van der Waals surface area contributed by atoms with E-state index in [0.29, 0.717) is 16.8 Å². The summed E-state index contributed by atoms with van der Waals surface area (Å²) in [5.41, 5.74) is 2.53. The third kappa shape index (κ3) is 2.13. The first-order valence-corrected chi connectivity index (χ1v) is 6.77. The van der Waals surface area contributed by atoms with E-state index in [9.17, 15) is 0 Å². The van der Waals surface area contributed by atoms with Gasteiger partial charge in [-0.1, -0.05) is 17.7 Å². The number of piperidine rings is 1. The maximum absolute atomic E-state index is 5.96. The van der Waals surface area contributed by atoms with E-state index in [1.807, 2.05) is 12.3 Å². The van der Waals surface area contributed by atoms with E-state index in [1.54, 1.807) is 7.11 Å². The minimum atomic E-state index is 0.430. The van der Waals surface area contributed by atoms with Crippen molar-refractivity contribution in [3.8, 4) is 5.75 Å². The Labute approximate surface area is 112 Å². The Hall–Kier alpha value is -1.06. The van der Waals surface area contributed by atoms with Gasteiger partial charge in [0.15, 0.2) is 10.9 Å². The Morgan fingerprint density at radius 3 is 3.17 bits per heavy atom. The van der Waals surface area contributed by atoms with Gasteiger partial charge in [0, 0.05) is 12.7 Å². The van der Waals surface area contributed by atoms with Gasteiger partial charge in [-0.3, -0.25) is 0 Å². The molecule has 0 bridgehead atoms. The molecule has 2 heterocycles. The van der Waals surface area contributed by atoms with Crippen LogP contribution in [0.15, 0.2) is 18.3 Å². The van der Waals surface area contributed by atoms with Gasteiger partial charge in [0.1, 0.15) is 0 Å². The number of allylic oxidation sites excluding steroid dienone is 1. The van der Waals surface area contributed by atoms with Crippen LogP contribution in [0.1, 0.15) is 18.4 Å². The highest BCUT2D eigenvalue weighted by Crippen LogP contribution is 2.40. The molecular weight excluding hydrogens is 248 g/mol. The zero-order valence-corrected chi connectivity index (χ0v) is 11.2. The summed E-state index contributed by atoms with van der Waals surface area (Å²) in [7, 11) is 1.62. The van der Waals surface area contributed by atoms with Crippen LogP contribution in [0, 0.1) is 11.8 Å².